The molecule has 0 aliphatic heterocycles. The second-order valence-electron chi connectivity index (χ2n) is 4.15. The zero-order valence-electron chi connectivity index (χ0n) is 11.3. The van der Waals surface area contributed by atoms with E-state index >= 15 is 0 Å². The quantitative estimate of drug-likeness (QED) is 0.333. The molecule has 1 rings (SSSR count). The van der Waals surface area contributed by atoms with Crippen LogP contribution in [0.1, 0.15) is 26.7 Å². The molecule has 1 atom stereocenters. The van der Waals surface area contributed by atoms with Crippen LogP contribution >= 0.6 is 0 Å². The van der Waals surface area contributed by atoms with Gasteiger partial charge >= 0.3 is 11.7 Å². The Hall–Kier alpha value is -2.18. The highest BCUT2D eigenvalue weighted by molar-refractivity contribution is 5.74. The van der Waals surface area contributed by atoms with E-state index in [1.54, 1.807) is 0 Å². The fourth-order valence-corrected chi connectivity index (χ4v) is 1.41. The van der Waals surface area contributed by atoms with Gasteiger partial charge in [0.15, 0.2) is 6.10 Å². The molecule has 0 radical (unpaired) electrons. The third-order valence-corrected chi connectivity index (χ3v) is 2.50. The zero-order chi connectivity index (χ0) is 15.1. The predicted octanol–water partition coefficient (Wildman–Crippen LogP) is 2.84. The number of hydrogen-bond acceptors (Lipinski definition) is 5. The Kier molecular flexibility index (Phi) is 5.89. The van der Waals surface area contributed by atoms with E-state index < -0.39 is 28.5 Å². The Labute approximate surface area is 115 Å². The van der Waals surface area contributed by atoms with E-state index in [9.17, 15) is 19.3 Å². The number of carbonyl (C=O) groups is 1. The van der Waals surface area contributed by atoms with Crippen molar-refractivity contribution >= 4 is 11.7 Å². The summed E-state index contributed by atoms with van der Waals surface area (Å²) < 4.78 is 23.1. The van der Waals surface area contributed by atoms with Crippen LogP contribution in [0.4, 0.5) is 10.1 Å². The highest BCUT2D eigenvalue weighted by atomic mass is 19.1. The van der Waals surface area contributed by atoms with Crippen molar-refractivity contribution in [2.45, 2.75) is 32.8 Å². The lowest BCUT2D eigenvalue weighted by molar-refractivity contribution is -0.386. The summed E-state index contributed by atoms with van der Waals surface area (Å²) in [4.78, 5) is 21.7. The number of rotatable bonds is 7. The first kappa shape index (κ1) is 15.9. The SMILES string of the molecule is CCCCOC(=O)C(C)Oc1cc(F)ccc1[N+](=O)[O-]. The number of ether oxygens (including phenoxy) is 2. The molecule has 6 nitrogen and oxygen atoms in total. The van der Waals surface area contributed by atoms with E-state index in [-0.39, 0.29) is 12.4 Å². The second kappa shape index (κ2) is 7.42. The number of unbranched alkanes of at least 4 members (excludes halogenated alkanes) is 1. The van der Waals surface area contributed by atoms with Crippen LogP contribution in [-0.4, -0.2) is 23.6 Å². The molecule has 0 aliphatic rings. The van der Waals surface area contributed by atoms with Gasteiger partial charge in [0.05, 0.1) is 11.5 Å². The van der Waals surface area contributed by atoms with Gasteiger partial charge in [-0.05, 0) is 19.4 Å². The first-order chi connectivity index (χ1) is 9.45. The fourth-order valence-electron chi connectivity index (χ4n) is 1.41. The van der Waals surface area contributed by atoms with Gasteiger partial charge in [-0.1, -0.05) is 13.3 Å². The molecule has 0 aliphatic carbocycles. The first-order valence-electron chi connectivity index (χ1n) is 6.23. The molecule has 110 valence electrons. The monoisotopic (exact) mass is 285 g/mol. The molecule has 0 bridgehead atoms. The summed E-state index contributed by atoms with van der Waals surface area (Å²) in [6.07, 6.45) is 0.545. The molecule has 0 fully saturated rings. The Morgan fingerprint density at radius 3 is 2.80 bits per heavy atom. The van der Waals surface area contributed by atoms with Crippen molar-refractivity contribution < 1.29 is 23.6 Å². The third kappa shape index (κ3) is 4.49. The number of nitro groups is 1. The van der Waals surface area contributed by atoms with Gasteiger partial charge in [-0.3, -0.25) is 10.1 Å². The molecule has 1 aromatic rings. The largest absolute Gasteiger partial charge is 0.472 e. The summed E-state index contributed by atoms with van der Waals surface area (Å²) in [5.74, 6) is -1.62. The van der Waals surface area contributed by atoms with Gasteiger partial charge in [0.2, 0.25) is 5.75 Å². The van der Waals surface area contributed by atoms with Gasteiger partial charge in [-0.15, -0.1) is 0 Å². The molecule has 0 N–H and O–H groups in total. The summed E-state index contributed by atoms with van der Waals surface area (Å²) in [7, 11) is 0. The minimum Gasteiger partial charge on any atom is -0.472 e. The van der Waals surface area contributed by atoms with Gasteiger partial charge in [-0.25, -0.2) is 9.18 Å². The van der Waals surface area contributed by atoms with Gasteiger partial charge in [0.25, 0.3) is 0 Å². The standard InChI is InChI=1S/C13H16FNO5/c1-3-4-7-19-13(16)9(2)20-12-8-10(14)5-6-11(12)15(17)18/h5-6,8-9H,3-4,7H2,1-2H3. The second-order valence-corrected chi connectivity index (χ2v) is 4.15. The number of benzene rings is 1. The van der Waals surface area contributed by atoms with Crippen LogP contribution in [0.15, 0.2) is 18.2 Å². The highest BCUT2D eigenvalue weighted by Gasteiger charge is 2.22. The lowest BCUT2D eigenvalue weighted by Crippen LogP contribution is -2.26. The predicted molar refractivity (Wildman–Crippen MR) is 69.0 cm³/mol. The average molecular weight is 285 g/mol. The van der Waals surface area contributed by atoms with Crippen molar-refractivity contribution in [3.8, 4) is 5.75 Å². The molecule has 0 amide bonds. The molecular weight excluding hydrogens is 269 g/mol. The molecule has 0 spiro atoms. The molecule has 7 heteroatoms. The lowest BCUT2D eigenvalue weighted by Gasteiger charge is -2.13. The van der Waals surface area contributed by atoms with Gasteiger partial charge < -0.3 is 9.47 Å². The van der Waals surface area contributed by atoms with E-state index in [0.717, 1.165) is 31.0 Å². The van der Waals surface area contributed by atoms with Crippen molar-refractivity contribution in [3.05, 3.63) is 34.1 Å². The summed E-state index contributed by atoms with van der Waals surface area (Å²) in [5, 5.41) is 10.8. The molecule has 0 heterocycles. The summed E-state index contributed by atoms with van der Waals surface area (Å²) >= 11 is 0. The van der Waals surface area contributed by atoms with Crippen molar-refractivity contribution in [2.75, 3.05) is 6.61 Å². The van der Waals surface area contributed by atoms with Crippen LogP contribution in [0.2, 0.25) is 0 Å². The molecule has 0 aromatic heterocycles. The minimum absolute atomic E-state index is 0.258. The number of carbonyl (C=O) groups excluding carboxylic acids is 1. The topological polar surface area (TPSA) is 78.7 Å². The fraction of sp³-hybridized carbons (Fsp3) is 0.462. The molecule has 1 unspecified atom stereocenters. The smallest absolute Gasteiger partial charge is 0.347 e. The summed E-state index contributed by atoms with van der Waals surface area (Å²) in [6.45, 7) is 3.60. The van der Waals surface area contributed by atoms with Crippen molar-refractivity contribution in [3.63, 3.8) is 0 Å². The summed E-state index contributed by atoms with van der Waals surface area (Å²) in [6, 6.07) is 2.81. The normalized spacial score (nSPS) is 11.8. The van der Waals surface area contributed by atoms with Gasteiger partial charge in [0, 0.05) is 12.1 Å². The molecule has 20 heavy (non-hydrogen) atoms. The number of nitro benzene ring substituents is 1. The number of nitrogens with zero attached hydrogens (tertiary/aromatic N) is 1. The molecule has 0 saturated heterocycles. The van der Waals surface area contributed by atoms with Crippen LogP contribution in [0.5, 0.6) is 5.75 Å². The van der Waals surface area contributed by atoms with E-state index in [0.29, 0.717) is 0 Å². The first-order valence-corrected chi connectivity index (χ1v) is 6.23. The number of esters is 1. The highest BCUT2D eigenvalue weighted by Crippen LogP contribution is 2.28. The number of hydrogen-bond donors (Lipinski definition) is 0. The van der Waals surface area contributed by atoms with E-state index in [1.807, 2.05) is 6.92 Å². The Morgan fingerprint density at radius 1 is 1.50 bits per heavy atom. The Morgan fingerprint density at radius 2 is 2.20 bits per heavy atom. The summed E-state index contributed by atoms with van der Waals surface area (Å²) in [5.41, 5.74) is -0.403. The Balaban J connectivity index is 2.74. The van der Waals surface area contributed by atoms with Gasteiger partial charge in [-0.2, -0.15) is 0 Å². The third-order valence-electron chi connectivity index (χ3n) is 2.50. The van der Waals surface area contributed by atoms with Crippen molar-refractivity contribution in [1.82, 2.24) is 0 Å². The average Bonchev–Trinajstić information content (AvgIpc) is 2.38. The lowest BCUT2D eigenvalue weighted by atomic mass is 10.3. The van der Waals surface area contributed by atoms with Crippen LogP contribution < -0.4 is 4.74 Å². The molecule has 1 aromatic carbocycles. The van der Waals surface area contributed by atoms with Crippen LogP contribution in [-0.2, 0) is 9.53 Å². The maximum Gasteiger partial charge on any atom is 0.347 e. The van der Waals surface area contributed by atoms with Crippen LogP contribution in [0.25, 0.3) is 0 Å². The van der Waals surface area contributed by atoms with Crippen molar-refractivity contribution in [1.29, 1.82) is 0 Å². The minimum atomic E-state index is -1.05. The molecular formula is C13H16FNO5. The Bertz CT molecular complexity index is 492. The maximum absolute atomic E-state index is 13.1. The zero-order valence-corrected chi connectivity index (χ0v) is 11.3. The molecule has 0 saturated carbocycles. The van der Waals surface area contributed by atoms with Crippen LogP contribution in [0, 0.1) is 15.9 Å². The van der Waals surface area contributed by atoms with E-state index in [1.165, 1.54) is 6.92 Å². The maximum atomic E-state index is 13.1. The van der Waals surface area contributed by atoms with Gasteiger partial charge in [0.1, 0.15) is 5.82 Å². The number of halogens is 1. The van der Waals surface area contributed by atoms with E-state index in [4.69, 9.17) is 9.47 Å². The van der Waals surface area contributed by atoms with Crippen LogP contribution in [0.3, 0.4) is 0 Å². The van der Waals surface area contributed by atoms with E-state index in [2.05, 4.69) is 0 Å². The van der Waals surface area contributed by atoms with Crippen molar-refractivity contribution in [2.24, 2.45) is 0 Å².